The number of aromatic nitrogens is 1. The van der Waals surface area contributed by atoms with Crippen molar-refractivity contribution in [1.29, 1.82) is 0 Å². The fourth-order valence-electron chi connectivity index (χ4n) is 0.875. The van der Waals surface area contributed by atoms with Gasteiger partial charge in [-0.25, -0.2) is 0 Å². The molecule has 0 aliphatic carbocycles. The molecule has 60 valence electrons. The molecule has 0 aliphatic rings. The quantitative estimate of drug-likeness (QED) is 0.664. The number of aliphatic hydroxyl groups is 2. The van der Waals surface area contributed by atoms with Gasteiger partial charge in [-0.1, -0.05) is 0 Å². The summed E-state index contributed by atoms with van der Waals surface area (Å²) in [5, 5.41) is 17.9. The van der Waals surface area contributed by atoms with Crippen molar-refractivity contribution in [3.8, 4) is 0 Å². The Morgan fingerprint density at radius 2 is 2.00 bits per heavy atom. The highest BCUT2D eigenvalue weighted by Gasteiger charge is 2.04. The summed E-state index contributed by atoms with van der Waals surface area (Å²) in [4.78, 5) is 3.81. The van der Waals surface area contributed by atoms with E-state index >= 15 is 0 Å². The van der Waals surface area contributed by atoms with E-state index in [2.05, 4.69) is 4.98 Å². The second-order valence-corrected chi connectivity index (χ2v) is 2.31. The predicted octanol–water partition coefficient (Wildman–Crippen LogP) is 0.497. The van der Waals surface area contributed by atoms with Gasteiger partial charge in [0.1, 0.15) is 0 Å². The van der Waals surface area contributed by atoms with Gasteiger partial charge >= 0.3 is 0 Å². The molecule has 0 fully saturated rings. The van der Waals surface area contributed by atoms with Crippen molar-refractivity contribution in [2.45, 2.75) is 12.5 Å². The molecule has 3 nitrogen and oxygen atoms in total. The van der Waals surface area contributed by atoms with E-state index in [4.69, 9.17) is 5.11 Å². The Morgan fingerprint density at radius 1 is 1.36 bits per heavy atom. The van der Waals surface area contributed by atoms with Crippen molar-refractivity contribution >= 4 is 0 Å². The minimum absolute atomic E-state index is 0.00346. The Labute approximate surface area is 65.3 Å². The normalized spacial score (nSPS) is 12.9. The Kier molecular flexibility index (Phi) is 3.01. The van der Waals surface area contributed by atoms with Gasteiger partial charge in [-0.2, -0.15) is 0 Å². The zero-order valence-corrected chi connectivity index (χ0v) is 6.14. The molecule has 1 atom stereocenters. The zero-order valence-electron chi connectivity index (χ0n) is 6.14. The molecule has 1 aromatic rings. The molecule has 0 bridgehead atoms. The lowest BCUT2D eigenvalue weighted by Gasteiger charge is -2.07. The first-order valence-corrected chi connectivity index (χ1v) is 3.53. The van der Waals surface area contributed by atoms with E-state index in [9.17, 15) is 5.11 Å². The van der Waals surface area contributed by atoms with E-state index in [1.165, 1.54) is 0 Å². The van der Waals surface area contributed by atoms with Crippen molar-refractivity contribution in [2.75, 3.05) is 6.61 Å². The van der Waals surface area contributed by atoms with Crippen molar-refractivity contribution < 1.29 is 10.2 Å². The van der Waals surface area contributed by atoms with Crippen molar-refractivity contribution in [1.82, 2.24) is 4.98 Å². The highest BCUT2D eigenvalue weighted by Crippen LogP contribution is 2.13. The van der Waals surface area contributed by atoms with E-state index in [1.807, 2.05) is 0 Å². The van der Waals surface area contributed by atoms with Crippen molar-refractivity contribution in [3.63, 3.8) is 0 Å². The molecule has 1 heterocycles. The molecule has 1 rings (SSSR count). The van der Waals surface area contributed by atoms with E-state index in [1.54, 1.807) is 24.5 Å². The molecule has 0 aromatic carbocycles. The van der Waals surface area contributed by atoms with Gasteiger partial charge in [-0.05, 0) is 17.7 Å². The molecule has 0 spiro atoms. The fraction of sp³-hybridized carbons (Fsp3) is 0.375. The summed E-state index contributed by atoms with van der Waals surface area (Å²) in [6.45, 7) is 0.00346. The summed E-state index contributed by atoms with van der Waals surface area (Å²) < 4.78 is 0. The van der Waals surface area contributed by atoms with Crippen LogP contribution in [0.5, 0.6) is 0 Å². The molecule has 2 N–H and O–H groups in total. The van der Waals surface area contributed by atoms with E-state index < -0.39 is 6.10 Å². The van der Waals surface area contributed by atoms with Gasteiger partial charge in [0.05, 0.1) is 6.10 Å². The molecule has 3 heteroatoms. The molecule has 0 saturated heterocycles. The summed E-state index contributed by atoms with van der Waals surface area (Å²) in [7, 11) is 0. The monoisotopic (exact) mass is 153 g/mol. The standard InChI is InChI=1S/C8H11NO2/c10-6-3-8(11)7-1-4-9-5-2-7/h1-2,4-5,8,10-11H,3,6H2/t8-/m0/s1. The lowest BCUT2D eigenvalue weighted by Crippen LogP contribution is -1.99. The smallest absolute Gasteiger partial charge is 0.0813 e. The third kappa shape index (κ3) is 2.29. The number of pyridine rings is 1. The molecule has 0 amide bonds. The second kappa shape index (κ2) is 4.05. The number of nitrogens with zero attached hydrogens (tertiary/aromatic N) is 1. The maximum Gasteiger partial charge on any atom is 0.0813 e. The number of hydrogen-bond donors (Lipinski definition) is 2. The summed E-state index contributed by atoms with van der Waals surface area (Å²) in [5.41, 5.74) is 0.800. The fourth-order valence-corrected chi connectivity index (χ4v) is 0.875. The van der Waals surface area contributed by atoms with Gasteiger partial charge < -0.3 is 10.2 Å². The van der Waals surface area contributed by atoms with Crippen LogP contribution in [0.4, 0.5) is 0 Å². The van der Waals surface area contributed by atoms with Gasteiger partial charge in [0.2, 0.25) is 0 Å². The molecular formula is C8H11NO2. The minimum Gasteiger partial charge on any atom is -0.396 e. The van der Waals surface area contributed by atoms with Crippen molar-refractivity contribution in [2.24, 2.45) is 0 Å². The second-order valence-electron chi connectivity index (χ2n) is 2.31. The maximum absolute atomic E-state index is 9.33. The summed E-state index contributed by atoms with van der Waals surface area (Å²) in [6, 6.07) is 3.47. The Hall–Kier alpha value is -0.930. The largest absolute Gasteiger partial charge is 0.396 e. The van der Waals surface area contributed by atoms with Crippen LogP contribution >= 0.6 is 0 Å². The summed E-state index contributed by atoms with van der Waals surface area (Å²) >= 11 is 0. The number of aliphatic hydroxyl groups excluding tert-OH is 2. The number of hydrogen-bond acceptors (Lipinski definition) is 3. The lowest BCUT2D eigenvalue weighted by molar-refractivity contribution is 0.134. The highest BCUT2D eigenvalue weighted by molar-refractivity contribution is 5.12. The predicted molar refractivity (Wildman–Crippen MR) is 40.9 cm³/mol. The zero-order chi connectivity index (χ0) is 8.10. The van der Waals surface area contributed by atoms with Crippen LogP contribution in [-0.2, 0) is 0 Å². The average Bonchev–Trinajstić information content (AvgIpc) is 2.07. The van der Waals surface area contributed by atoms with Crippen LogP contribution in [0.25, 0.3) is 0 Å². The van der Waals surface area contributed by atoms with Gasteiger partial charge in [-0.3, -0.25) is 4.98 Å². The summed E-state index contributed by atoms with van der Waals surface area (Å²) in [6.07, 6.45) is 3.05. The van der Waals surface area contributed by atoms with Gasteiger partial charge in [0, 0.05) is 25.4 Å². The van der Waals surface area contributed by atoms with E-state index in [0.717, 1.165) is 5.56 Å². The Balaban J connectivity index is 2.61. The first-order chi connectivity index (χ1) is 5.34. The van der Waals surface area contributed by atoms with Crippen LogP contribution in [0.3, 0.4) is 0 Å². The van der Waals surface area contributed by atoms with Crippen LogP contribution in [0.2, 0.25) is 0 Å². The SMILES string of the molecule is OCC[C@H](O)c1ccncc1. The molecule has 0 aliphatic heterocycles. The molecule has 0 unspecified atom stereocenters. The van der Waals surface area contributed by atoms with Crippen LogP contribution in [-0.4, -0.2) is 21.8 Å². The molecule has 11 heavy (non-hydrogen) atoms. The molecular weight excluding hydrogens is 142 g/mol. The molecule has 0 radical (unpaired) electrons. The summed E-state index contributed by atoms with van der Waals surface area (Å²) in [5.74, 6) is 0. The molecule has 1 aromatic heterocycles. The first kappa shape index (κ1) is 8.17. The van der Waals surface area contributed by atoms with Gasteiger partial charge in [0.15, 0.2) is 0 Å². The third-order valence-electron chi connectivity index (χ3n) is 1.49. The first-order valence-electron chi connectivity index (χ1n) is 3.53. The lowest BCUT2D eigenvalue weighted by atomic mass is 10.1. The highest BCUT2D eigenvalue weighted by atomic mass is 16.3. The van der Waals surface area contributed by atoms with Crippen LogP contribution < -0.4 is 0 Å². The van der Waals surface area contributed by atoms with Crippen LogP contribution in [0, 0.1) is 0 Å². The topological polar surface area (TPSA) is 53.4 Å². The Morgan fingerprint density at radius 3 is 2.55 bits per heavy atom. The third-order valence-corrected chi connectivity index (χ3v) is 1.49. The van der Waals surface area contributed by atoms with E-state index in [0.29, 0.717) is 6.42 Å². The van der Waals surface area contributed by atoms with E-state index in [-0.39, 0.29) is 6.61 Å². The molecule has 0 saturated carbocycles. The van der Waals surface area contributed by atoms with Crippen molar-refractivity contribution in [3.05, 3.63) is 30.1 Å². The van der Waals surface area contributed by atoms with Gasteiger partial charge in [-0.15, -0.1) is 0 Å². The van der Waals surface area contributed by atoms with Crippen LogP contribution in [0.1, 0.15) is 18.1 Å². The number of rotatable bonds is 3. The van der Waals surface area contributed by atoms with Gasteiger partial charge in [0.25, 0.3) is 0 Å². The average molecular weight is 153 g/mol. The minimum atomic E-state index is -0.567. The Bertz CT molecular complexity index is 201. The maximum atomic E-state index is 9.33. The van der Waals surface area contributed by atoms with Crippen LogP contribution in [0.15, 0.2) is 24.5 Å².